The van der Waals surface area contributed by atoms with Crippen molar-refractivity contribution in [2.24, 2.45) is 0 Å². The Kier molecular flexibility index (Phi) is 2.85. The molecule has 1 heterocycles. The first-order valence-corrected chi connectivity index (χ1v) is 5.02. The molecule has 0 aliphatic carbocycles. The zero-order chi connectivity index (χ0) is 11.5. The molecule has 1 saturated heterocycles. The summed E-state index contributed by atoms with van der Waals surface area (Å²) in [7, 11) is 0. The van der Waals surface area contributed by atoms with Crippen molar-refractivity contribution in [3.8, 4) is 0 Å². The first-order chi connectivity index (χ1) is 7.72. The maximum absolute atomic E-state index is 13.5. The van der Waals surface area contributed by atoms with E-state index in [1.165, 1.54) is 23.1 Å². The Morgan fingerprint density at radius 2 is 2.25 bits per heavy atom. The van der Waals surface area contributed by atoms with Gasteiger partial charge in [0.25, 0.3) is 0 Å². The zero-order valence-corrected chi connectivity index (χ0v) is 8.57. The van der Waals surface area contributed by atoms with Gasteiger partial charge in [-0.15, -0.1) is 0 Å². The molecule has 1 fully saturated rings. The van der Waals surface area contributed by atoms with E-state index in [2.05, 4.69) is 5.32 Å². The maximum Gasteiger partial charge on any atom is 0.321 e. The third kappa shape index (κ3) is 1.88. The van der Waals surface area contributed by atoms with Crippen molar-refractivity contribution in [2.75, 3.05) is 18.0 Å². The summed E-state index contributed by atoms with van der Waals surface area (Å²) in [5.41, 5.74) is 0.511. The van der Waals surface area contributed by atoms with Crippen molar-refractivity contribution < 1.29 is 14.0 Å². The standard InChI is InChI=1S/C11H11FN2O2/c12-9-3-2-8(7-15)6-10(9)14-5-1-4-13-11(14)16/h2-3,6-7H,1,4-5H2,(H,13,16). The molecule has 1 aromatic carbocycles. The van der Waals surface area contributed by atoms with Crippen molar-refractivity contribution in [2.45, 2.75) is 6.42 Å². The first kappa shape index (κ1) is 10.6. The Bertz CT molecular complexity index is 434. The van der Waals surface area contributed by atoms with Crippen LogP contribution in [-0.2, 0) is 0 Å². The Morgan fingerprint density at radius 3 is 2.94 bits per heavy atom. The number of benzene rings is 1. The molecule has 0 radical (unpaired) electrons. The number of urea groups is 1. The van der Waals surface area contributed by atoms with Crippen LogP contribution in [0, 0.1) is 5.82 Å². The predicted molar refractivity (Wildman–Crippen MR) is 57.1 cm³/mol. The van der Waals surface area contributed by atoms with Crippen molar-refractivity contribution in [1.82, 2.24) is 5.32 Å². The van der Waals surface area contributed by atoms with Crippen LogP contribution >= 0.6 is 0 Å². The van der Waals surface area contributed by atoms with Crippen LogP contribution in [0.15, 0.2) is 18.2 Å². The fourth-order valence-electron chi connectivity index (χ4n) is 1.67. The third-order valence-corrected chi connectivity index (χ3v) is 2.48. The summed E-state index contributed by atoms with van der Waals surface area (Å²) in [6.45, 7) is 1.06. The molecule has 0 unspecified atom stereocenters. The van der Waals surface area contributed by atoms with Gasteiger partial charge in [-0.25, -0.2) is 9.18 Å². The molecule has 0 aromatic heterocycles. The largest absolute Gasteiger partial charge is 0.338 e. The van der Waals surface area contributed by atoms with E-state index in [-0.39, 0.29) is 11.7 Å². The second-order valence-electron chi connectivity index (χ2n) is 3.57. The van der Waals surface area contributed by atoms with Gasteiger partial charge < -0.3 is 5.32 Å². The summed E-state index contributed by atoms with van der Waals surface area (Å²) < 4.78 is 13.5. The smallest absolute Gasteiger partial charge is 0.321 e. The number of anilines is 1. The van der Waals surface area contributed by atoms with E-state index in [0.717, 1.165) is 6.42 Å². The molecule has 16 heavy (non-hydrogen) atoms. The highest BCUT2D eigenvalue weighted by atomic mass is 19.1. The average Bonchev–Trinajstić information content (AvgIpc) is 2.31. The van der Waals surface area contributed by atoms with Gasteiger partial charge in [0.1, 0.15) is 12.1 Å². The summed E-state index contributed by atoms with van der Waals surface area (Å²) in [6, 6.07) is 3.63. The van der Waals surface area contributed by atoms with Gasteiger partial charge in [-0.3, -0.25) is 9.69 Å². The Hall–Kier alpha value is -1.91. The SMILES string of the molecule is O=Cc1ccc(F)c(N2CCCNC2=O)c1. The summed E-state index contributed by atoms with van der Waals surface area (Å²) in [5, 5.41) is 2.63. The Morgan fingerprint density at radius 1 is 1.44 bits per heavy atom. The number of aldehydes is 1. The fourth-order valence-corrected chi connectivity index (χ4v) is 1.67. The first-order valence-electron chi connectivity index (χ1n) is 5.02. The van der Waals surface area contributed by atoms with Gasteiger partial charge in [0.15, 0.2) is 0 Å². The number of nitrogens with one attached hydrogen (secondary N) is 1. The maximum atomic E-state index is 13.5. The monoisotopic (exact) mass is 222 g/mol. The molecular weight excluding hydrogens is 211 g/mol. The number of rotatable bonds is 2. The molecule has 1 N–H and O–H groups in total. The number of carbonyl (C=O) groups excluding carboxylic acids is 2. The number of halogens is 1. The van der Waals surface area contributed by atoms with Gasteiger partial charge in [-0.1, -0.05) is 0 Å². The third-order valence-electron chi connectivity index (χ3n) is 2.48. The molecule has 2 amide bonds. The molecule has 0 bridgehead atoms. The lowest BCUT2D eigenvalue weighted by atomic mass is 10.2. The van der Waals surface area contributed by atoms with Crippen molar-refractivity contribution in [1.29, 1.82) is 0 Å². The predicted octanol–water partition coefficient (Wildman–Crippen LogP) is 1.56. The van der Waals surface area contributed by atoms with Crippen molar-refractivity contribution >= 4 is 18.0 Å². The van der Waals surface area contributed by atoms with Crippen molar-refractivity contribution in [3.05, 3.63) is 29.6 Å². The number of hydrogen-bond acceptors (Lipinski definition) is 2. The van der Waals surface area contributed by atoms with Crippen LogP contribution in [-0.4, -0.2) is 25.4 Å². The van der Waals surface area contributed by atoms with Crippen LogP contribution in [0.1, 0.15) is 16.8 Å². The number of hydrogen-bond donors (Lipinski definition) is 1. The van der Waals surface area contributed by atoms with Crippen LogP contribution in [0.25, 0.3) is 0 Å². The summed E-state index contributed by atoms with van der Waals surface area (Å²) in [5.74, 6) is -0.498. The molecule has 1 aliphatic heterocycles. The summed E-state index contributed by atoms with van der Waals surface area (Å²) >= 11 is 0. The van der Waals surface area contributed by atoms with E-state index in [1.54, 1.807) is 0 Å². The highest BCUT2D eigenvalue weighted by molar-refractivity contribution is 5.93. The minimum atomic E-state index is -0.498. The lowest BCUT2D eigenvalue weighted by Gasteiger charge is -2.27. The highest BCUT2D eigenvalue weighted by Crippen LogP contribution is 2.22. The van der Waals surface area contributed by atoms with Gasteiger partial charge in [0.05, 0.1) is 5.69 Å². The number of carbonyl (C=O) groups is 2. The molecule has 0 atom stereocenters. The van der Waals surface area contributed by atoms with Gasteiger partial charge in [0.2, 0.25) is 0 Å². The Balaban J connectivity index is 2.37. The van der Waals surface area contributed by atoms with Crippen LogP contribution in [0.4, 0.5) is 14.9 Å². The molecule has 5 heteroatoms. The molecule has 1 aromatic rings. The number of amides is 2. The lowest BCUT2D eigenvalue weighted by Crippen LogP contribution is -2.46. The zero-order valence-electron chi connectivity index (χ0n) is 8.57. The van der Waals surface area contributed by atoms with Crippen LogP contribution in [0.2, 0.25) is 0 Å². The van der Waals surface area contributed by atoms with E-state index in [1.807, 2.05) is 0 Å². The minimum Gasteiger partial charge on any atom is -0.338 e. The van der Waals surface area contributed by atoms with E-state index in [0.29, 0.717) is 24.9 Å². The second-order valence-corrected chi connectivity index (χ2v) is 3.57. The lowest BCUT2D eigenvalue weighted by molar-refractivity contribution is 0.112. The highest BCUT2D eigenvalue weighted by Gasteiger charge is 2.22. The van der Waals surface area contributed by atoms with Crippen molar-refractivity contribution in [3.63, 3.8) is 0 Å². The molecular formula is C11H11FN2O2. The number of nitrogens with zero attached hydrogens (tertiary/aromatic N) is 1. The second kappa shape index (κ2) is 4.30. The van der Waals surface area contributed by atoms with Gasteiger partial charge in [-0.05, 0) is 24.6 Å². The molecule has 0 spiro atoms. The normalized spacial score (nSPS) is 15.8. The molecule has 1 aliphatic rings. The van der Waals surface area contributed by atoms with E-state index >= 15 is 0 Å². The summed E-state index contributed by atoms with van der Waals surface area (Å²) in [6.07, 6.45) is 1.39. The van der Waals surface area contributed by atoms with Gasteiger partial charge in [-0.2, -0.15) is 0 Å². The molecule has 2 rings (SSSR count). The van der Waals surface area contributed by atoms with Gasteiger partial charge >= 0.3 is 6.03 Å². The quantitative estimate of drug-likeness (QED) is 0.772. The average molecular weight is 222 g/mol. The van der Waals surface area contributed by atoms with Crippen LogP contribution < -0.4 is 10.2 Å². The summed E-state index contributed by atoms with van der Waals surface area (Å²) in [4.78, 5) is 23.4. The Labute approximate surface area is 92.0 Å². The molecule has 4 nitrogen and oxygen atoms in total. The van der Waals surface area contributed by atoms with E-state index < -0.39 is 5.82 Å². The van der Waals surface area contributed by atoms with Crippen LogP contribution in [0.3, 0.4) is 0 Å². The molecule has 84 valence electrons. The molecule has 0 saturated carbocycles. The fraction of sp³-hybridized carbons (Fsp3) is 0.273. The van der Waals surface area contributed by atoms with E-state index in [9.17, 15) is 14.0 Å². The minimum absolute atomic E-state index is 0.154. The van der Waals surface area contributed by atoms with Crippen LogP contribution in [0.5, 0.6) is 0 Å². The van der Waals surface area contributed by atoms with E-state index in [4.69, 9.17) is 0 Å². The topological polar surface area (TPSA) is 49.4 Å². The van der Waals surface area contributed by atoms with Gasteiger partial charge in [0, 0.05) is 18.7 Å².